The summed E-state index contributed by atoms with van der Waals surface area (Å²) in [6.45, 7) is -0.00505. The number of aromatic nitrogens is 1. The van der Waals surface area contributed by atoms with Gasteiger partial charge in [0.05, 0.1) is 11.7 Å². The van der Waals surface area contributed by atoms with Crippen molar-refractivity contribution in [2.24, 2.45) is 0 Å². The van der Waals surface area contributed by atoms with E-state index in [1.165, 1.54) is 7.11 Å². The zero-order valence-electron chi connectivity index (χ0n) is 19.4. The highest BCUT2D eigenvalue weighted by molar-refractivity contribution is 9.10. The lowest BCUT2D eigenvalue weighted by Crippen LogP contribution is -2.29. The van der Waals surface area contributed by atoms with Crippen molar-refractivity contribution in [3.05, 3.63) is 101 Å². The van der Waals surface area contributed by atoms with Gasteiger partial charge in [-0.1, -0.05) is 34.1 Å². The zero-order valence-corrected chi connectivity index (χ0v) is 21.8. The van der Waals surface area contributed by atoms with E-state index in [1.807, 2.05) is 83.8 Å². The molecule has 0 aliphatic carbocycles. The molecular weight excluding hydrogens is 540 g/mol. The van der Waals surface area contributed by atoms with Crippen LogP contribution >= 0.6 is 28.1 Å². The van der Waals surface area contributed by atoms with Crippen LogP contribution in [0.1, 0.15) is 23.5 Å². The Morgan fingerprint density at radius 3 is 2.58 bits per heavy atom. The normalized spacial score (nSPS) is 17.2. The summed E-state index contributed by atoms with van der Waals surface area (Å²) >= 11 is 9.26. The van der Waals surface area contributed by atoms with Gasteiger partial charge in [0.25, 0.3) is 0 Å². The molecule has 0 bridgehead atoms. The number of benzene rings is 2. The van der Waals surface area contributed by atoms with Gasteiger partial charge in [0.15, 0.2) is 5.11 Å². The number of rotatable bonds is 7. The van der Waals surface area contributed by atoms with E-state index in [4.69, 9.17) is 21.4 Å². The molecule has 4 aromatic rings. The fourth-order valence-corrected chi connectivity index (χ4v) is 4.85. The number of methoxy groups -OCH3 is 1. The number of pyridine rings is 1. The van der Waals surface area contributed by atoms with Gasteiger partial charge >= 0.3 is 0 Å². The monoisotopic (exact) mass is 562 g/mol. The van der Waals surface area contributed by atoms with Crippen LogP contribution < -0.4 is 15.5 Å². The lowest BCUT2D eigenvalue weighted by atomic mass is 10.0. The Kier molecular flexibility index (Phi) is 7.13. The molecule has 2 aromatic heterocycles. The van der Waals surface area contributed by atoms with E-state index in [2.05, 4.69) is 31.5 Å². The number of halogens is 1. The average Bonchev–Trinajstić information content (AvgIpc) is 3.50. The molecule has 1 amide bonds. The number of anilines is 2. The molecule has 182 valence electrons. The predicted molar refractivity (Wildman–Crippen MR) is 147 cm³/mol. The number of carbonyl (C=O) groups excluding carboxylic acids is 1. The van der Waals surface area contributed by atoms with Crippen molar-refractivity contribution in [3.8, 4) is 11.3 Å². The molecule has 0 saturated carbocycles. The van der Waals surface area contributed by atoms with E-state index in [0.717, 1.165) is 32.9 Å². The van der Waals surface area contributed by atoms with Crippen molar-refractivity contribution >= 4 is 50.5 Å². The quantitative estimate of drug-likeness (QED) is 0.273. The Balaban J connectivity index is 1.50. The minimum absolute atomic E-state index is 0.00505. The number of hydrogen-bond acceptors (Lipinski definition) is 5. The van der Waals surface area contributed by atoms with E-state index in [0.29, 0.717) is 10.8 Å². The van der Waals surface area contributed by atoms with Crippen LogP contribution in [0.2, 0.25) is 0 Å². The molecule has 2 aromatic carbocycles. The third-order valence-electron chi connectivity index (χ3n) is 5.85. The Morgan fingerprint density at radius 1 is 1.11 bits per heavy atom. The summed E-state index contributed by atoms with van der Waals surface area (Å²) in [7, 11) is 1.49. The molecule has 0 spiro atoms. The smallest absolute Gasteiger partial charge is 0.250 e. The Hall–Kier alpha value is -3.53. The Labute approximate surface area is 222 Å². The molecule has 0 radical (unpaired) electrons. The standard InChI is InChI=1S/C27H23BrN4O3S/c1-34-16-24(33)30-19-9-11-20(12-10-19)32-26(25(31-27(32)36)21-4-2-3-15-29-21)23-14-13-22(35-23)17-5-7-18(28)8-6-17/h2-15,25-26H,16H2,1H3,(H,30,33)(H,31,36)/t25-,26+/m1/s1. The average molecular weight is 563 g/mol. The first-order valence-electron chi connectivity index (χ1n) is 11.3. The lowest BCUT2D eigenvalue weighted by Gasteiger charge is -2.26. The van der Waals surface area contributed by atoms with Crippen LogP contribution in [0.25, 0.3) is 11.3 Å². The second kappa shape index (κ2) is 10.6. The highest BCUT2D eigenvalue weighted by atomic mass is 79.9. The molecule has 0 unspecified atom stereocenters. The van der Waals surface area contributed by atoms with E-state index >= 15 is 0 Å². The molecule has 2 atom stereocenters. The van der Waals surface area contributed by atoms with Crippen molar-refractivity contribution < 1.29 is 13.9 Å². The van der Waals surface area contributed by atoms with E-state index in [-0.39, 0.29) is 24.6 Å². The first-order chi connectivity index (χ1) is 17.5. The molecule has 1 saturated heterocycles. The summed E-state index contributed by atoms with van der Waals surface area (Å²) in [6.07, 6.45) is 1.77. The first-order valence-corrected chi connectivity index (χ1v) is 12.5. The number of nitrogens with one attached hydrogen (secondary N) is 2. The van der Waals surface area contributed by atoms with Crippen LogP contribution in [-0.4, -0.2) is 29.7 Å². The maximum atomic E-state index is 11.9. The van der Waals surface area contributed by atoms with Crippen molar-refractivity contribution in [2.75, 3.05) is 23.9 Å². The Bertz CT molecular complexity index is 1360. The summed E-state index contributed by atoms with van der Waals surface area (Å²) in [5, 5.41) is 6.81. The molecule has 9 heteroatoms. The van der Waals surface area contributed by atoms with E-state index < -0.39 is 0 Å². The number of hydrogen-bond donors (Lipinski definition) is 2. The van der Waals surface area contributed by atoms with Crippen LogP contribution in [0.15, 0.2) is 93.9 Å². The van der Waals surface area contributed by atoms with Gasteiger partial charge < -0.3 is 24.7 Å². The number of thiocarbonyl (C=S) groups is 1. The van der Waals surface area contributed by atoms with Crippen LogP contribution in [0, 0.1) is 0 Å². The van der Waals surface area contributed by atoms with Gasteiger partial charge in [0, 0.05) is 34.7 Å². The van der Waals surface area contributed by atoms with Crippen LogP contribution in [-0.2, 0) is 9.53 Å². The fraction of sp³-hybridized carbons (Fsp3) is 0.148. The van der Waals surface area contributed by atoms with Gasteiger partial charge in [-0.3, -0.25) is 9.78 Å². The number of furan rings is 1. The number of ether oxygens (including phenoxy) is 1. The molecular formula is C27H23BrN4O3S. The third kappa shape index (κ3) is 5.04. The first kappa shape index (κ1) is 24.2. The second-order valence-corrected chi connectivity index (χ2v) is 9.54. The van der Waals surface area contributed by atoms with Gasteiger partial charge in [-0.2, -0.15) is 0 Å². The molecule has 36 heavy (non-hydrogen) atoms. The van der Waals surface area contributed by atoms with Crippen LogP contribution in [0.4, 0.5) is 11.4 Å². The molecule has 1 aliphatic heterocycles. The largest absolute Gasteiger partial charge is 0.459 e. The molecule has 2 N–H and O–H groups in total. The summed E-state index contributed by atoms with van der Waals surface area (Å²) in [5.41, 5.74) is 3.38. The molecule has 1 fully saturated rings. The highest BCUT2D eigenvalue weighted by Gasteiger charge is 2.42. The zero-order chi connectivity index (χ0) is 25.1. The van der Waals surface area contributed by atoms with Crippen molar-refractivity contribution in [1.82, 2.24) is 10.3 Å². The highest BCUT2D eigenvalue weighted by Crippen LogP contribution is 2.43. The summed E-state index contributed by atoms with van der Waals surface area (Å²) in [4.78, 5) is 18.5. The van der Waals surface area contributed by atoms with E-state index in [1.54, 1.807) is 6.20 Å². The molecule has 5 rings (SSSR count). The predicted octanol–water partition coefficient (Wildman–Crippen LogP) is 5.87. The van der Waals surface area contributed by atoms with Gasteiger partial charge in [-0.05, 0) is 72.9 Å². The number of nitrogens with zero attached hydrogens (tertiary/aromatic N) is 2. The maximum Gasteiger partial charge on any atom is 0.250 e. The number of amides is 1. The summed E-state index contributed by atoms with van der Waals surface area (Å²) < 4.78 is 12.3. The van der Waals surface area contributed by atoms with E-state index in [9.17, 15) is 4.79 Å². The Morgan fingerprint density at radius 2 is 1.89 bits per heavy atom. The molecule has 3 heterocycles. The molecule has 1 aliphatic rings. The third-order valence-corrected chi connectivity index (χ3v) is 6.69. The number of carbonyl (C=O) groups is 1. The van der Waals surface area contributed by atoms with Gasteiger partial charge in [-0.25, -0.2) is 0 Å². The topological polar surface area (TPSA) is 79.6 Å². The fourth-order valence-electron chi connectivity index (χ4n) is 4.24. The summed E-state index contributed by atoms with van der Waals surface area (Å²) in [5.74, 6) is 1.31. The SMILES string of the molecule is COCC(=O)Nc1ccc(N2C(=S)N[C@H](c3ccccn3)[C@@H]2c2ccc(-c3ccc(Br)cc3)o2)cc1. The van der Waals surface area contributed by atoms with Crippen molar-refractivity contribution in [2.45, 2.75) is 12.1 Å². The van der Waals surface area contributed by atoms with Crippen molar-refractivity contribution in [1.29, 1.82) is 0 Å². The van der Waals surface area contributed by atoms with Gasteiger partial charge in [0.1, 0.15) is 24.2 Å². The van der Waals surface area contributed by atoms with Crippen molar-refractivity contribution in [3.63, 3.8) is 0 Å². The van der Waals surface area contributed by atoms with Gasteiger partial charge in [0.2, 0.25) is 5.91 Å². The minimum atomic E-state index is -0.273. The maximum absolute atomic E-state index is 11.9. The van der Waals surface area contributed by atoms with Gasteiger partial charge in [-0.15, -0.1) is 0 Å². The van der Waals surface area contributed by atoms with Crippen LogP contribution in [0.3, 0.4) is 0 Å². The second-order valence-electron chi connectivity index (χ2n) is 8.23. The summed E-state index contributed by atoms with van der Waals surface area (Å²) in [6, 6.07) is 24.8. The molecule has 7 nitrogen and oxygen atoms in total. The van der Waals surface area contributed by atoms with Crippen LogP contribution in [0.5, 0.6) is 0 Å². The lowest BCUT2D eigenvalue weighted by molar-refractivity contribution is -0.119. The minimum Gasteiger partial charge on any atom is -0.459 e.